The molecule has 0 spiro atoms. The molecule has 0 radical (unpaired) electrons. The van der Waals surface area contributed by atoms with E-state index in [2.05, 4.69) is 5.32 Å². The van der Waals surface area contributed by atoms with Gasteiger partial charge in [-0.3, -0.25) is 4.79 Å². The molecule has 0 saturated carbocycles. The van der Waals surface area contributed by atoms with E-state index >= 15 is 0 Å². The molecule has 1 saturated heterocycles. The Balaban J connectivity index is 1.60. The number of nitrogen functional groups attached to an aromatic ring is 1. The smallest absolute Gasteiger partial charge is 0.255 e. The third kappa shape index (κ3) is 3.55. The number of hydrogen-bond donors (Lipinski definition) is 2. The second-order valence-corrected chi connectivity index (χ2v) is 8.77. The van der Waals surface area contributed by atoms with Gasteiger partial charge in [0.1, 0.15) is 0 Å². The van der Waals surface area contributed by atoms with Crippen molar-refractivity contribution in [3.05, 3.63) is 53.1 Å². The number of anilines is 2. The van der Waals surface area contributed by atoms with Crippen molar-refractivity contribution in [2.75, 3.05) is 24.1 Å². The third-order valence-electron chi connectivity index (χ3n) is 4.87. The number of ether oxygens (including phenoxy) is 1. The van der Waals surface area contributed by atoms with Crippen molar-refractivity contribution >= 4 is 27.3 Å². The number of carbonyl (C=O) groups is 1. The monoisotopic (exact) mass is 387 g/mol. The van der Waals surface area contributed by atoms with Crippen LogP contribution in [0.15, 0.2) is 41.3 Å². The number of rotatable bonds is 4. The van der Waals surface area contributed by atoms with Crippen LogP contribution < -0.4 is 11.1 Å². The van der Waals surface area contributed by atoms with Crippen LogP contribution in [0.3, 0.4) is 0 Å². The van der Waals surface area contributed by atoms with Crippen LogP contribution in [0.4, 0.5) is 11.4 Å². The van der Waals surface area contributed by atoms with E-state index in [1.807, 2.05) is 12.1 Å². The van der Waals surface area contributed by atoms with Gasteiger partial charge < -0.3 is 15.8 Å². The zero-order chi connectivity index (χ0) is 19.0. The van der Waals surface area contributed by atoms with Crippen molar-refractivity contribution in [3.8, 4) is 0 Å². The molecule has 2 aromatic carbocycles. The molecule has 142 valence electrons. The molecule has 0 aromatic heterocycles. The Morgan fingerprint density at radius 2 is 1.78 bits per heavy atom. The number of carbonyl (C=O) groups excluding carboxylic acids is 1. The number of nitrogens with zero attached hydrogens (tertiary/aromatic N) is 1. The first-order chi connectivity index (χ1) is 12.9. The second kappa shape index (κ2) is 6.95. The van der Waals surface area contributed by atoms with E-state index in [0.717, 1.165) is 24.0 Å². The number of fused-ring (bicyclic) bond motifs is 1. The number of benzene rings is 2. The summed E-state index contributed by atoms with van der Waals surface area (Å²) in [6.07, 6.45) is 1.69. The Kier molecular flexibility index (Phi) is 4.63. The van der Waals surface area contributed by atoms with Gasteiger partial charge in [-0.25, -0.2) is 8.42 Å². The standard InChI is InChI=1S/C19H21N3O4S/c20-16-7-14(9-18(10-16)27(24,25)22-5-1-2-6-22)19(23)21-17-4-3-13-11-26-12-15(13)8-17/h3-4,7-10H,1-2,5-6,11-12,20H2,(H,21,23). The Hall–Kier alpha value is -2.42. The summed E-state index contributed by atoms with van der Waals surface area (Å²) in [6, 6.07) is 9.86. The first kappa shape index (κ1) is 18.0. The highest BCUT2D eigenvalue weighted by molar-refractivity contribution is 7.89. The molecule has 0 unspecified atom stereocenters. The van der Waals surface area contributed by atoms with Crippen molar-refractivity contribution in [2.45, 2.75) is 31.0 Å². The molecule has 8 heteroatoms. The quantitative estimate of drug-likeness (QED) is 0.784. The minimum atomic E-state index is -3.64. The van der Waals surface area contributed by atoms with E-state index in [-0.39, 0.29) is 16.1 Å². The van der Waals surface area contributed by atoms with Crippen molar-refractivity contribution in [1.29, 1.82) is 0 Å². The summed E-state index contributed by atoms with van der Waals surface area (Å²) in [5.74, 6) is -0.404. The SMILES string of the molecule is Nc1cc(C(=O)Nc2ccc3c(c2)COC3)cc(S(=O)(=O)N2CCCC2)c1. The largest absolute Gasteiger partial charge is 0.399 e. The van der Waals surface area contributed by atoms with Crippen molar-refractivity contribution in [3.63, 3.8) is 0 Å². The number of hydrogen-bond acceptors (Lipinski definition) is 5. The summed E-state index contributed by atoms with van der Waals surface area (Å²) in [5.41, 5.74) is 9.11. The van der Waals surface area contributed by atoms with Crippen LogP contribution in [0, 0.1) is 0 Å². The second-order valence-electron chi connectivity index (χ2n) is 6.83. The van der Waals surface area contributed by atoms with E-state index in [9.17, 15) is 13.2 Å². The molecule has 0 bridgehead atoms. The van der Waals surface area contributed by atoms with Gasteiger partial charge in [-0.1, -0.05) is 6.07 Å². The van der Waals surface area contributed by atoms with E-state index in [1.165, 1.54) is 22.5 Å². The molecule has 3 N–H and O–H groups in total. The molecule has 4 rings (SSSR count). The van der Waals surface area contributed by atoms with Crippen LogP contribution in [0.5, 0.6) is 0 Å². The van der Waals surface area contributed by atoms with Gasteiger partial charge in [-0.2, -0.15) is 4.31 Å². The zero-order valence-corrected chi connectivity index (χ0v) is 15.6. The van der Waals surface area contributed by atoms with Crippen molar-refractivity contribution in [2.24, 2.45) is 0 Å². The fraction of sp³-hybridized carbons (Fsp3) is 0.316. The molecule has 2 aliphatic heterocycles. The lowest BCUT2D eigenvalue weighted by Gasteiger charge is -2.16. The number of amides is 1. The van der Waals surface area contributed by atoms with E-state index < -0.39 is 15.9 Å². The predicted molar refractivity (Wildman–Crippen MR) is 102 cm³/mol. The summed E-state index contributed by atoms with van der Waals surface area (Å²) < 4.78 is 32.4. The summed E-state index contributed by atoms with van der Waals surface area (Å²) in [7, 11) is -3.64. The van der Waals surface area contributed by atoms with Crippen LogP contribution in [0.2, 0.25) is 0 Å². The van der Waals surface area contributed by atoms with Crippen LogP contribution in [0.1, 0.15) is 34.3 Å². The van der Waals surface area contributed by atoms with Gasteiger partial charge in [0, 0.05) is 30.0 Å². The fourth-order valence-corrected chi connectivity index (χ4v) is 5.03. The normalized spacial score (nSPS) is 17.0. The number of nitrogens with one attached hydrogen (secondary N) is 1. The summed E-state index contributed by atoms with van der Waals surface area (Å²) in [5, 5.41) is 2.80. The molecule has 0 atom stereocenters. The highest BCUT2D eigenvalue weighted by Gasteiger charge is 2.28. The molecule has 2 aliphatic rings. The molecule has 2 aromatic rings. The van der Waals surface area contributed by atoms with Crippen LogP contribution in [-0.4, -0.2) is 31.7 Å². The molecule has 0 aliphatic carbocycles. The summed E-state index contributed by atoms with van der Waals surface area (Å²) in [4.78, 5) is 12.7. The topological polar surface area (TPSA) is 102 Å². The molecular formula is C19H21N3O4S. The average molecular weight is 387 g/mol. The van der Waals surface area contributed by atoms with Crippen molar-refractivity contribution < 1.29 is 17.9 Å². The lowest BCUT2D eigenvalue weighted by Crippen LogP contribution is -2.28. The fourth-order valence-electron chi connectivity index (χ4n) is 3.43. The van der Waals surface area contributed by atoms with E-state index in [1.54, 1.807) is 6.07 Å². The lowest BCUT2D eigenvalue weighted by molar-refractivity contribution is 0.102. The zero-order valence-electron chi connectivity index (χ0n) is 14.8. The van der Waals surface area contributed by atoms with Crippen LogP contribution in [-0.2, 0) is 28.0 Å². The maximum absolute atomic E-state index is 12.8. The molecule has 27 heavy (non-hydrogen) atoms. The molecular weight excluding hydrogens is 366 g/mol. The van der Waals surface area contributed by atoms with Gasteiger partial charge >= 0.3 is 0 Å². The highest BCUT2D eigenvalue weighted by Crippen LogP contribution is 2.26. The van der Waals surface area contributed by atoms with Crippen LogP contribution >= 0.6 is 0 Å². The summed E-state index contributed by atoms with van der Waals surface area (Å²) >= 11 is 0. The minimum absolute atomic E-state index is 0.0527. The highest BCUT2D eigenvalue weighted by atomic mass is 32.2. The number of sulfonamides is 1. The predicted octanol–water partition coefficient (Wildman–Crippen LogP) is 2.34. The maximum Gasteiger partial charge on any atom is 0.255 e. The Bertz CT molecular complexity index is 998. The van der Waals surface area contributed by atoms with Crippen LogP contribution in [0.25, 0.3) is 0 Å². The van der Waals surface area contributed by atoms with Gasteiger partial charge in [-0.05, 0) is 54.3 Å². The van der Waals surface area contributed by atoms with Gasteiger partial charge in [0.05, 0.1) is 18.1 Å². The van der Waals surface area contributed by atoms with Gasteiger partial charge in [-0.15, -0.1) is 0 Å². The van der Waals surface area contributed by atoms with E-state index in [4.69, 9.17) is 10.5 Å². The van der Waals surface area contributed by atoms with Gasteiger partial charge in [0.25, 0.3) is 5.91 Å². The molecule has 1 fully saturated rings. The Labute approximate surface area is 158 Å². The van der Waals surface area contributed by atoms with Gasteiger partial charge in [0.2, 0.25) is 10.0 Å². The minimum Gasteiger partial charge on any atom is -0.399 e. The van der Waals surface area contributed by atoms with Crippen molar-refractivity contribution in [1.82, 2.24) is 4.31 Å². The maximum atomic E-state index is 12.8. The number of nitrogens with two attached hydrogens (primary N) is 1. The summed E-state index contributed by atoms with van der Waals surface area (Å²) in [6.45, 7) is 2.10. The third-order valence-corrected chi connectivity index (χ3v) is 6.75. The first-order valence-electron chi connectivity index (χ1n) is 8.85. The lowest BCUT2D eigenvalue weighted by atomic mass is 10.1. The molecule has 7 nitrogen and oxygen atoms in total. The van der Waals surface area contributed by atoms with Gasteiger partial charge in [0.15, 0.2) is 0 Å². The Morgan fingerprint density at radius 3 is 2.56 bits per heavy atom. The molecule has 2 heterocycles. The Morgan fingerprint density at radius 1 is 1.04 bits per heavy atom. The average Bonchev–Trinajstić information content (AvgIpc) is 3.32. The van der Waals surface area contributed by atoms with E-state index in [0.29, 0.717) is 32.0 Å². The first-order valence-corrected chi connectivity index (χ1v) is 10.3. The molecule has 1 amide bonds.